The highest BCUT2D eigenvalue weighted by Gasteiger charge is 2.46. The van der Waals surface area contributed by atoms with E-state index in [9.17, 15) is 4.79 Å². The van der Waals surface area contributed by atoms with Crippen LogP contribution in [0.2, 0.25) is 5.02 Å². The van der Waals surface area contributed by atoms with Crippen LogP contribution in [0, 0.1) is 5.92 Å². The first-order valence-corrected chi connectivity index (χ1v) is 9.30. The second kappa shape index (κ2) is 7.42. The quantitative estimate of drug-likeness (QED) is 0.911. The third-order valence-electron chi connectivity index (χ3n) is 5.63. The van der Waals surface area contributed by atoms with E-state index in [1.165, 1.54) is 0 Å². The van der Waals surface area contributed by atoms with E-state index in [0.29, 0.717) is 37.0 Å². The number of rotatable bonds is 3. The first kappa shape index (κ1) is 17.7. The van der Waals surface area contributed by atoms with Gasteiger partial charge in [-0.1, -0.05) is 29.8 Å². The molecule has 0 bridgehead atoms. The standard InChI is InChI=1S/C19H27ClN2O2/c1-14(21)15-5-4-10-22(13-15)18(23)19(8-11-24-12-9-19)16-6-2-3-7-17(16)20/h2-3,6-7,14-15H,4-5,8-13,21H2,1H3/t14-,15-/m1/s1. The first-order valence-electron chi connectivity index (χ1n) is 8.92. The number of amides is 1. The zero-order chi connectivity index (χ0) is 17.2. The van der Waals surface area contributed by atoms with Crippen molar-refractivity contribution in [2.24, 2.45) is 11.7 Å². The Bertz CT molecular complexity index is 584. The number of halogens is 1. The zero-order valence-corrected chi connectivity index (χ0v) is 15.1. The van der Waals surface area contributed by atoms with Crippen molar-refractivity contribution in [2.75, 3.05) is 26.3 Å². The average molecular weight is 351 g/mol. The summed E-state index contributed by atoms with van der Waals surface area (Å²) in [6.45, 7) is 4.80. The summed E-state index contributed by atoms with van der Waals surface area (Å²) in [5.41, 5.74) is 6.48. The number of hydrogen-bond acceptors (Lipinski definition) is 3. The van der Waals surface area contributed by atoms with Gasteiger partial charge in [0, 0.05) is 37.4 Å². The van der Waals surface area contributed by atoms with E-state index in [2.05, 4.69) is 0 Å². The van der Waals surface area contributed by atoms with Crippen molar-refractivity contribution in [3.8, 4) is 0 Å². The van der Waals surface area contributed by atoms with Gasteiger partial charge in [0.25, 0.3) is 0 Å². The molecule has 0 aromatic heterocycles. The molecule has 2 fully saturated rings. The number of hydrogen-bond donors (Lipinski definition) is 1. The number of benzene rings is 1. The molecule has 1 aromatic carbocycles. The maximum absolute atomic E-state index is 13.6. The third kappa shape index (κ3) is 3.32. The molecule has 132 valence electrons. The Hall–Kier alpha value is -1.10. The fourth-order valence-electron chi connectivity index (χ4n) is 4.09. The van der Waals surface area contributed by atoms with Crippen LogP contribution in [-0.4, -0.2) is 43.2 Å². The molecule has 2 aliphatic rings. The van der Waals surface area contributed by atoms with Crippen molar-refractivity contribution in [1.82, 2.24) is 4.90 Å². The lowest BCUT2D eigenvalue weighted by molar-refractivity contribution is -0.143. The predicted molar refractivity (Wildman–Crippen MR) is 96.1 cm³/mol. The number of likely N-dealkylation sites (tertiary alicyclic amines) is 1. The van der Waals surface area contributed by atoms with Crippen LogP contribution in [0.3, 0.4) is 0 Å². The van der Waals surface area contributed by atoms with Crippen LogP contribution < -0.4 is 5.73 Å². The lowest BCUT2D eigenvalue weighted by Gasteiger charge is -2.43. The van der Waals surface area contributed by atoms with Gasteiger partial charge < -0.3 is 15.4 Å². The van der Waals surface area contributed by atoms with Gasteiger partial charge in [0.2, 0.25) is 5.91 Å². The largest absolute Gasteiger partial charge is 0.381 e. The van der Waals surface area contributed by atoms with Crippen molar-refractivity contribution in [1.29, 1.82) is 0 Å². The number of carbonyl (C=O) groups excluding carboxylic acids is 1. The van der Waals surface area contributed by atoms with Gasteiger partial charge in [-0.05, 0) is 50.2 Å². The summed E-state index contributed by atoms with van der Waals surface area (Å²) in [5, 5.41) is 0.675. The van der Waals surface area contributed by atoms with Gasteiger partial charge in [0.05, 0.1) is 5.41 Å². The van der Waals surface area contributed by atoms with Gasteiger partial charge in [-0.3, -0.25) is 4.79 Å². The topological polar surface area (TPSA) is 55.6 Å². The Morgan fingerprint density at radius 1 is 1.38 bits per heavy atom. The van der Waals surface area contributed by atoms with Crippen LogP contribution in [0.15, 0.2) is 24.3 Å². The van der Waals surface area contributed by atoms with E-state index in [-0.39, 0.29) is 11.9 Å². The minimum Gasteiger partial charge on any atom is -0.381 e. The molecule has 5 heteroatoms. The lowest BCUT2D eigenvalue weighted by Crippen LogP contribution is -2.54. The lowest BCUT2D eigenvalue weighted by atomic mass is 9.72. The fraction of sp³-hybridized carbons (Fsp3) is 0.632. The Kier molecular flexibility index (Phi) is 5.48. The molecule has 2 N–H and O–H groups in total. The Morgan fingerprint density at radius 2 is 2.08 bits per heavy atom. The van der Waals surface area contributed by atoms with E-state index in [1.54, 1.807) is 0 Å². The fourth-order valence-corrected chi connectivity index (χ4v) is 4.41. The van der Waals surface area contributed by atoms with Crippen LogP contribution in [0.25, 0.3) is 0 Å². The summed E-state index contributed by atoms with van der Waals surface area (Å²) < 4.78 is 5.55. The molecule has 2 heterocycles. The van der Waals surface area contributed by atoms with Gasteiger partial charge in [-0.15, -0.1) is 0 Å². The molecule has 0 radical (unpaired) electrons. The molecule has 0 spiro atoms. The predicted octanol–water partition coefficient (Wildman–Crippen LogP) is 2.97. The summed E-state index contributed by atoms with van der Waals surface area (Å²) in [6, 6.07) is 7.87. The molecular weight excluding hydrogens is 324 g/mol. The highest BCUT2D eigenvalue weighted by molar-refractivity contribution is 6.31. The zero-order valence-electron chi connectivity index (χ0n) is 14.3. The first-order chi connectivity index (χ1) is 11.5. The average Bonchev–Trinajstić information content (AvgIpc) is 2.62. The van der Waals surface area contributed by atoms with Crippen LogP contribution in [0.5, 0.6) is 0 Å². The van der Waals surface area contributed by atoms with Gasteiger partial charge in [-0.2, -0.15) is 0 Å². The smallest absolute Gasteiger partial charge is 0.233 e. The molecule has 2 atom stereocenters. The summed E-state index contributed by atoms with van der Waals surface area (Å²) in [5.74, 6) is 0.579. The van der Waals surface area contributed by atoms with E-state index in [1.807, 2.05) is 36.1 Å². The maximum atomic E-state index is 13.6. The monoisotopic (exact) mass is 350 g/mol. The molecule has 2 saturated heterocycles. The number of nitrogens with zero attached hydrogens (tertiary/aromatic N) is 1. The van der Waals surface area contributed by atoms with E-state index >= 15 is 0 Å². The minimum absolute atomic E-state index is 0.117. The normalized spacial score (nSPS) is 25.3. The van der Waals surface area contributed by atoms with Crippen molar-refractivity contribution in [3.63, 3.8) is 0 Å². The molecule has 1 aromatic rings. The number of nitrogens with two attached hydrogens (primary N) is 1. The summed E-state index contributed by atoms with van der Waals surface area (Å²) >= 11 is 6.48. The number of ether oxygens (including phenoxy) is 1. The second-order valence-electron chi connectivity index (χ2n) is 7.19. The van der Waals surface area contributed by atoms with E-state index in [4.69, 9.17) is 22.1 Å². The highest BCUT2D eigenvalue weighted by Crippen LogP contribution is 2.41. The molecule has 1 amide bonds. The molecule has 0 saturated carbocycles. The number of carbonyl (C=O) groups is 1. The van der Waals surface area contributed by atoms with Gasteiger partial charge in [-0.25, -0.2) is 0 Å². The molecular formula is C19H27ClN2O2. The van der Waals surface area contributed by atoms with Gasteiger partial charge >= 0.3 is 0 Å². The molecule has 0 unspecified atom stereocenters. The highest BCUT2D eigenvalue weighted by atomic mass is 35.5. The third-order valence-corrected chi connectivity index (χ3v) is 5.96. The summed E-state index contributed by atoms with van der Waals surface area (Å²) in [4.78, 5) is 15.6. The Labute approximate surface area is 149 Å². The molecule has 4 nitrogen and oxygen atoms in total. The van der Waals surface area contributed by atoms with Crippen LogP contribution in [0.1, 0.15) is 38.2 Å². The maximum Gasteiger partial charge on any atom is 0.233 e. The van der Waals surface area contributed by atoms with Crippen molar-refractivity contribution in [2.45, 2.75) is 44.1 Å². The van der Waals surface area contributed by atoms with E-state index < -0.39 is 5.41 Å². The van der Waals surface area contributed by atoms with Crippen molar-refractivity contribution >= 4 is 17.5 Å². The minimum atomic E-state index is -0.559. The van der Waals surface area contributed by atoms with Gasteiger partial charge in [0.15, 0.2) is 0 Å². The molecule has 3 rings (SSSR count). The summed E-state index contributed by atoms with van der Waals surface area (Å²) in [7, 11) is 0. The Balaban J connectivity index is 1.91. The van der Waals surface area contributed by atoms with Crippen LogP contribution in [0.4, 0.5) is 0 Å². The van der Waals surface area contributed by atoms with E-state index in [0.717, 1.165) is 31.5 Å². The molecule has 2 aliphatic heterocycles. The van der Waals surface area contributed by atoms with Crippen molar-refractivity contribution in [3.05, 3.63) is 34.9 Å². The SMILES string of the molecule is C[C@@H](N)[C@@H]1CCCN(C(=O)C2(c3ccccc3Cl)CCOCC2)C1. The van der Waals surface area contributed by atoms with Gasteiger partial charge in [0.1, 0.15) is 0 Å². The Morgan fingerprint density at radius 3 is 2.75 bits per heavy atom. The van der Waals surface area contributed by atoms with Crippen LogP contribution >= 0.6 is 11.6 Å². The summed E-state index contributed by atoms with van der Waals surface area (Å²) in [6.07, 6.45) is 3.50. The molecule has 24 heavy (non-hydrogen) atoms. The second-order valence-corrected chi connectivity index (χ2v) is 7.59. The van der Waals surface area contributed by atoms with Crippen LogP contribution in [-0.2, 0) is 14.9 Å². The van der Waals surface area contributed by atoms with Crippen molar-refractivity contribution < 1.29 is 9.53 Å². The number of piperidine rings is 1. The molecule has 0 aliphatic carbocycles.